The van der Waals surface area contributed by atoms with Crippen LogP contribution in [0.25, 0.3) is 0 Å². The van der Waals surface area contributed by atoms with E-state index >= 15 is 0 Å². The summed E-state index contributed by atoms with van der Waals surface area (Å²) in [5, 5.41) is 0.746. The number of hydrogen-bond acceptors (Lipinski definition) is 3. The van der Waals surface area contributed by atoms with Gasteiger partial charge in [0.25, 0.3) is 0 Å². The van der Waals surface area contributed by atoms with Crippen molar-refractivity contribution in [2.24, 2.45) is 0 Å². The van der Waals surface area contributed by atoms with Gasteiger partial charge < -0.3 is 0 Å². The van der Waals surface area contributed by atoms with Crippen LogP contribution < -0.4 is 4.72 Å². The van der Waals surface area contributed by atoms with Gasteiger partial charge in [0.2, 0.25) is 10.0 Å². The van der Waals surface area contributed by atoms with Crippen LogP contribution in [0.5, 0.6) is 0 Å². The van der Waals surface area contributed by atoms with Crippen molar-refractivity contribution in [2.75, 3.05) is 12.3 Å². The molecule has 0 spiro atoms. The minimum absolute atomic E-state index is 0.0772. The van der Waals surface area contributed by atoms with E-state index in [4.69, 9.17) is 0 Å². The molecule has 2 rings (SSSR count). The maximum Gasteiger partial charge on any atom is 0.215 e. The van der Waals surface area contributed by atoms with Gasteiger partial charge in [-0.25, -0.2) is 13.1 Å². The van der Waals surface area contributed by atoms with E-state index in [9.17, 15) is 8.42 Å². The monoisotopic (exact) mass is 313 g/mol. The molecule has 0 bridgehead atoms. The van der Waals surface area contributed by atoms with Crippen molar-refractivity contribution in [3.63, 3.8) is 0 Å². The zero-order valence-corrected chi connectivity index (χ0v) is 13.6. The smallest absolute Gasteiger partial charge is 0.214 e. The topological polar surface area (TPSA) is 46.2 Å². The van der Waals surface area contributed by atoms with Crippen LogP contribution >= 0.6 is 11.8 Å². The molecule has 0 aliphatic heterocycles. The van der Waals surface area contributed by atoms with Crippen LogP contribution in [-0.2, 0) is 15.8 Å². The predicted octanol–water partition coefficient (Wildman–Crippen LogP) is 3.09. The number of thioether (sulfide) groups is 1. The summed E-state index contributed by atoms with van der Waals surface area (Å²) in [4.78, 5) is 0. The van der Waals surface area contributed by atoms with Crippen molar-refractivity contribution in [3.05, 3.63) is 35.4 Å². The summed E-state index contributed by atoms with van der Waals surface area (Å²) < 4.78 is 26.8. The normalized spacial score (nSPS) is 16.6. The van der Waals surface area contributed by atoms with E-state index in [-0.39, 0.29) is 5.75 Å². The van der Waals surface area contributed by atoms with Crippen LogP contribution in [0.2, 0.25) is 0 Å². The van der Waals surface area contributed by atoms with Crippen LogP contribution in [0.3, 0.4) is 0 Å². The predicted molar refractivity (Wildman–Crippen MR) is 86.5 cm³/mol. The molecule has 0 radical (unpaired) electrons. The Morgan fingerprint density at radius 3 is 2.65 bits per heavy atom. The highest BCUT2D eigenvalue weighted by molar-refractivity contribution is 8.00. The minimum Gasteiger partial charge on any atom is -0.214 e. The van der Waals surface area contributed by atoms with E-state index in [1.165, 1.54) is 25.7 Å². The van der Waals surface area contributed by atoms with Crippen LogP contribution in [0, 0.1) is 6.92 Å². The Morgan fingerprint density at radius 1 is 1.25 bits per heavy atom. The third-order valence-electron chi connectivity index (χ3n) is 3.69. The van der Waals surface area contributed by atoms with Gasteiger partial charge in [0, 0.05) is 17.5 Å². The van der Waals surface area contributed by atoms with E-state index in [0.29, 0.717) is 6.54 Å². The Kier molecular flexibility index (Phi) is 5.93. The molecule has 0 amide bonds. The first-order chi connectivity index (χ1) is 9.57. The highest BCUT2D eigenvalue weighted by atomic mass is 32.2. The van der Waals surface area contributed by atoms with E-state index in [2.05, 4.69) is 4.72 Å². The average molecular weight is 313 g/mol. The van der Waals surface area contributed by atoms with E-state index in [1.807, 2.05) is 43.0 Å². The Hall–Kier alpha value is -0.520. The summed E-state index contributed by atoms with van der Waals surface area (Å²) in [5.74, 6) is 0.950. The van der Waals surface area contributed by atoms with Crippen molar-refractivity contribution in [2.45, 2.75) is 43.6 Å². The third kappa shape index (κ3) is 5.11. The van der Waals surface area contributed by atoms with Gasteiger partial charge in [0.05, 0.1) is 5.75 Å². The summed E-state index contributed by atoms with van der Waals surface area (Å²) in [6.07, 6.45) is 5.24. The maximum absolute atomic E-state index is 12.0. The lowest BCUT2D eigenvalue weighted by atomic mass is 10.1. The van der Waals surface area contributed by atoms with Crippen molar-refractivity contribution in [1.82, 2.24) is 4.72 Å². The largest absolute Gasteiger partial charge is 0.215 e. The molecule has 1 saturated carbocycles. The number of aryl methyl sites for hydroxylation is 1. The molecule has 0 saturated heterocycles. The van der Waals surface area contributed by atoms with Gasteiger partial charge in [-0.3, -0.25) is 0 Å². The van der Waals surface area contributed by atoms with Gasteiger partial charge in [-0.05, 0) is 30.9 Å². The summed E-state index contributed by atoms with van der Waals surface area (Å²) in [6.45, 7) is 2.48. The van der Waals surface area contributed by atoms with Crippen LogP contribution in [-0.4, -0.2) is 26.0 Å². The second-order valence-electron chi connectivity index (χ2n) is 5.36. The molecule has 0 atom stereocenters. The maximum atomic E-state index is 12.0. The quantitative estimate of drug-likeness (QED) is 0.787. The lowest BCUT2D eigenvalue weighted by molar-refractivity contribution is 0.583. The van der Waals surface area contributed by atoms with Crippen molar-refractivity contribution < 1.29 is 8.42 Å². The van der Waals surface area contributed by atoms with Crippen LogP contribution in [0.4, 0.5) is 0 Å². The molecule has 0 unspecified atom stereocenters. The number of hydrogen-bond donors (Lipinski definition) is 1. The van der Waals surface area contributed by atoms with Crippen LogP contribution in [0.1, 0.15) is 36.8 Å². The fraction of sp³-hybridized carbons (Fsp3) is 0.600. The molecule has 1 aliphatic rings. The molecular formula is C15H23NO2S2. The highest BCUT2D eigenvalue weighted by Crippen LogP contribution is 2.28. The van der Waals surface area contributed by atoms with Gasteiger partial charge >= 0.3 is 0 Å². The molecule has 5 heteroatoms. The fourth-order valence-electron chi connectivity index (χ4n) is 2.51. The third-order valence-corrected chi connectivity index (χ3v) is 6.40. The molecular weight excluding hydrogens is 290 g/mol. The molecule has 1 aromatic rings. The zero-order valence-electron chi connectivity index (χ0n) is 12.0. The first-order valence-corrected chi connectivity index (χ1v) is 9.90. The number of sulfonamides is 1. The van der Waals surface area contributed by atoms with Gasteiger partial charge in [-0.15, -0.1) is 0 Å². The molecule has 20 heavy (non-hydrogen) atoms. The molecule has 1 N–H and O–H groups in total. The number of benzene rings is 1. The number of nitrogens with one attached hydrogen (secondary N) is 1. The first kappa shape index (κ1) is 15.9. The molecule has 1 aliphatic carbocycles. The van der Waals surface area contributed by atoms with E-state index < -0.39 is 10.0 Å². The van der Waals surface area contributed by atoms with Gasteiger partial charge in [-0.2, -0.15) is 11.8 Å². The van der Waals surface area contributed by atoms with E-state index in [1.54, 1.807) is 0 Å². The SMILES string of the molecule is Cc1ccccc1CS(=O)(=O)NCCSC1CCCC1. The molecule has 1 fully saturated rings. The van der Waals surface area contributed by atoms with Gasteiger partial charge in [0.1, 0.15) is 0 Å². The highest BCUT2D eigenvalue weighted by Gasteiger charge is 2.16. The first-order valence-electron chi connectivity index (χ1n) is 7.20. The van der Waals surface area contributed by atoms with Crippen molar-refractivity contribution in [1.29, 1.82) is 0 Å². The van der Waals surface area contributed by atoms with E-state index in [0.717, 1.165) is 22.1 Å². The fourth-order valence-corrected chi connectivity index (χ4v) is 5.10. The summed E-state index contributed by atoms with van der Waals surface area (Å²) in [7, 11) is -3.22. The molecule has 1 aromatic carbocycles. The molecule has 0 aromatic heterocycles. The number of rotatable bonds is 7. The summed E-state index contributed by atoms with van der Waals surface area (Å²) >= 11 is 1.91. The molecule has 3 nitrogen and oxygen atoms in total. The van der Waals surface area contributed by atoms with Crippen LogP contribution in [0.15, 0.2) is 24.3 Å². The second kappa shape index (κ2) is 7.48. The van der Waals surface area contributed by atoms with Gasteiger partial charge in [-0.1, -0.05) is 37.1 Å². The zero-order chi connectivity index (χ0) is 14.4. The standard InChI is InChI=1S/C15H23NO2S2/c1-13-6-2-3-7-14(13)12-20(17,18)16-10-11-19-15-8-4-5-9-15/h2-3,6-7,15-16H,4-5,8-12H2,1H3. The average Bonchev–Trinajstić information content (AvgIpc) is 2.90. The Bertz CT molecular complexity index is 522. The molecule has 112 valence electrons. The van der Waals surface area contributed by atoms with Crippen molar-refractivity contribution in [3.8, 4) is 0 Å². The Labute approximate surface area is 126 Å². The Balaban J connectivity index is 1.75. The minimum atomic E-state index is -3.22. The second-order valence-corrected chi connectivity index (χ2v) is 8.57. The Morgan fingerprint density at radius 2 is 1.95 bits per heavy atom. The molecule has 0 heterocycles. The van der Waals surface area contributed by atoms with Crippen molar-refractivity contribution >= 4 is 21.8 Å². The van der Waals surface area contributed by atoms with Gasteiger partial charge in [0.15, 0.2) is 0 Å². The summed E-state index contributed by atoms with van der Waals surface area (Å²) in [6, 6.07) is 7.63. The summed E-state index contributed by atoms with van der Waals surface area (Å²) in [5.41, 5.74) is 1.90. The lowest BCUT2D eigenvalue weighted by Gasteiger charge is -2.10. The lowest BCUT2D eigenvalue weighted by Crippen LogP contribution is -2.27.